The molecule has 0 aliphatic carbocycles. The van der Waals surface area contributed by atoms with Crippen molar-refractivity contribution in [3.8, 4) is 0 Å². The summed E-state index contributed by atoms with van der Waals surface area (Å²) in [6.07, 6.45) is 5.33. The molecule has 0 radical (unpaired) electrons. The molecule has 3 heterocycles. The first-order valence-corrected chi connectivity index (χ1v) is 8.66. The van der Waals surface area contributed by atoms with Crippen LogP contribution in [0.4, 0.5) is 5.82 Å². The second-order valence-corrected chi connectivity index (χ2v) is 6.93. The minimum Gasteiger partial charge on any atom is -0.367 e. The fourth-order valence-corrected chi connectivity index (χ4v) is 4.00. The molecule has 1 aliphatic heterocycles. The number of thioether (sulfide) groups is 1. The Bertz CT molecular complexity index is 659. The van der Waals surface area contributed by atoms with Gasteiger partial charge >= 0.3 is 0 Å². The molecule has 3 rings (SSSR count). The van der Waals surface area contributed by atoms with Crippen molar-refractivity contribution >= 4 is 28.5 Å². The van der Waals surface area contributed by atoms with Gasteiger partial charge in [-0.3, -0.25) is 0 Å². The van der Waals surface area contributed by atoms with E-state index in [0.29, 0.717) is 11.2 Å². The van der Waals surface area contributed by atoms with Crippen molar-refractivity contribution in [1.29, 1.82) is 0 Å². The zero-order valence-electron chi connectivity index (χ0n) is 13.0. The Morgan fingerprint density at radius 1 is 1.43 bits per heavy atom. The molecular weight excluding hydrogens is 278 g/mol. The van der Waals surface area contributed by atoms with Gasteiger partial charge in [-0.15, -0.1) is 11.8 Å². The maximum atomic E-state index is 4.59. The lowest BCUT2D eigenvalue weighted by atomic mass is 10.1. The molecule has 112 valence electrons. The maximum Gasteiger partial charge on any atom is 0.150 e. The molecule has 0 saturated carbocycles. The van der Waals surface area contributed by atoms with Crippen molar-refractivity contribution in [2.45, 2.75) is 39.0 Å². The average Bonchev–Trinajstić information content (AvgIpc) is 3.01. The first kappa shape index (κ1) is 14.5. The van der Waals surface area contributed by atoms with Crippen molar-refractivity contribution in [3.05, 3.63) is 35.5 Å². The first-order valence-electron chi connectivity index (χ1n) is 7.71. The van der Waals surface area contributed by atoms with Crippen molar-refractivity contribution in [3.63, 3.8) is 0 Å². The summed E-state index contributed by atoms with van der Waals surface area (Å²) in [5.74, 6) is 1.65. The van der Waals surface area contributed by atoms with Gasteiger partial charge in [0.05, 0.1) is 5.52 Å². The summed E-state index contributed by atoms with van der Waals surface area (Å²) in [6.45, 7) is 8.68. The van der Waals surface area contributed by atoms with E-state index in [1.807, 2.05) is 18.0 Å². The number of allylic oxidation sites excluding steroid dienone is 1. The lowest BCUT2D eigenvalue weighted by Gasteiger charge is -2.17. The van der Waals surface area contributed by atoms with Crippen molar-refractivity contribution in [2.24, 2.45) is 5.92 Å². The molecule has 3 nitrogen and oxygen atoms in total. The van der Waals surface area contributed by atoms with Gasteiger partial charge in [0.15, 0.2) is 5.82 Å². The number of anilines is 1. The van der Waals surface area contributed by atoms with Crippen LogP contribution in [0.15, 0.2) is 29.8 Å². The number of aryl methyl sites for hydroxylation is 2. The van der Waals surface area contributed by atoms with E-state index in [2.05, 4.69) is 59.3 Å². The topological polar surface area (TPSA) is 29.9 Å². The van der Waals surface area contributed by atoms with Gasteiger partial charge in [0.2, 0.25) is 0 Å². The normalized spacial score (nSPS) is 21.3. The van der Waals surface area contributed by atoms with Gasteiger partial charge < -0.3 is 9.88 Å². The lowest BCUT2D eigenvalue weighted by Crippen LogP contribution is -2.20. The molecule has 2 atom stereocenters. The van der Waals surface area contributed by atoms with E-state index < -0.39 is 0 Å². The monoisotopic (exact) mass is 301 g/mol. The number of hydrogen-bond donors (Lipinski definition) is 1. The molecule has 2 aromatic rings. The Balaban J connectivity index is 1.87. The van der Waals surface area contributed by atoms with E-state index in [4.69, 9.17) is 0 Å². The lowest BCUT2D eigenvalue weighted by molar-refractivity contribution is 0.683. The van der Waals surface area contributed by atoms with Crippen LogP contribution in [-0.4, -0.2) is 21.3 Å². The molecule has 1 N–H and O–H groups in total. The number of nitrogens with one attached hydrogen (secondary N) is 1. The molecule has 0 bridgehead atoms. The summed E-state index contributed by atoms with van der Waals surface area (Å²) in [6, 6.07) is 4.36. The first-order chi connectivity index (χ1) is 10.2. The van der Waals surface area contributed by atoms with Crippen LogP contribution in [0.25, 0.3) is 10.9 Å². The van der Waals surface area contributed by atoms with Crippen LogP contribution in [0.1, 0.15) is 26.0 Å². The van der Waals surface area contributed by atoms with Gasteiger partial charge in [0.1, 0.15) is 0 Å². The number of rotatable bonds is 5. The second-order valence-electron chi connectivity index (χ2n) is 5.78. The van der Waals surface area contributed by atoms with Gasteiger partial charge in [0.25, 0.3) is 0 Å². The highest BCUT2D eigenvalue weighted by molar-refractivity contribution is 8.03. The molecule has 0 saturated heterocycles. The van der Waals surface area contributed by atoms with Crippen LogP contribution in [0, 0.1) is 12.8 Å². The minimum absolute atomic E-state index is 0.609. The second kappa shape index (κ2) is 6.14. The predicted molar refractivity (Wildman–Crippen MR) is 92.9 cm³/mol. The van der Waals surface area contributed by atoms with E-state index in [1.54, 1.807) is 0 Å². The van der Waals surface area contributed by atoms with E-state index in [0.717, 1.165) is 25.3 Å². The van der Waals surface area contributed by atoms with Crippen LogP contribution in [-0.2, 0) is 6.54 Å². The third-order valence-corrected chi connectivity index (χ3v) is 5.42. The third-order valence-electron chi connectivity index (χ3n) is 4.16. The van der Waals surface area contributed by atoms with Gasteiger partial charge in [-0.1, -0.05) is 19.9 Å². The fraction of sp³-hybridized carbons (Fsp3) is 0.471. The summed E-state index contributed by atoms with van der Waals surface area (Å²) in [4.78, 5) is 4.59. The molecule has 21 heavy (non-hydrogen) atoms. The number of hydrogen-bond acceptors (Lipinski definition) is 3. The van der Waals surface area contributed by atoms with E-state index in [1.165, 1.54) is 16.6 Å². The van der Waals surface area contributed by atoms with Crippen molar-refractivity contribution < 1.29 is 0 Å². The molecule has 1 aliphatic rings. The number of pyridine rings is 1. The summed E-state index contributed by atoms with van der Waals surface area (Å²) >= 11 is 1.92. The molecule has 0 spiro atoms. The van der Waals surface area contributed by atoms with Crippen LogP contribution in [0.2, 0.25) is 0 Å². The Labute approximate surface area is 130 Å². The smallest absolute Gasteiger partial charge is 0.150 e. The molecule has 4 heteroatoms. The van der Waals surface area contributed by atoms with E-state index >= 15 is 0 Å². The fourth-order valence-electron chi connectivity index (χ4n) is 2.94. The highest BCUT2D eigenvalue weighted by Gasteiger charge is 2.20. The van der Waals surface area contributed by atoms with Crippen molar-refractivity contribution in [1.82, 2.24) is 9.55 Å². The SMILES string of the molecule is CCCn1c(C)cc2ccnc(NCC3SC=CC3C)c21. The van der Waals surface area contributed by atoms with Gasteiger partial charge in [-0.2, -0.15) is 0 Å². The molecule has 0 amide bonds. The number of nitrogens with zero attached hydrogens (tertiary/aromatic N) is 2. The quantitative estimate of drug-likeness (QED) is 0.886. The van der Waals surface area contributed by atoms with Gasteiger partial charge in [-0.05, 0) is 36.8 Å². The highest BCUT2D eigenvalue weighted by Crippen LogP contribution is 2.31. The summed E-state index contributed by atoms with van der Waals surface area (Å²) < 4.78 is 2.38. The molecule has 0 fully saturated rings. The van der Waals surface area contributed by atoms with Gasteiger partial charge in [-0.25, -0.2) is 4.98 Å². The molecular formula is C17H23N3S. The highest BCUT2D eigenvalue weighted by atomic mass is 32.2. The Kier molecular flexibility index (Phi) is 4.24. The minimum atomic E-state index is 0.609. The standard InChI is InChI=1S/C17H23N3S/c1-4-8-20-13(3)10-14-5-7-18-17(16(14)20)19-11-15-12(2)6-9-21-15/h5-7,9-10,12,15H,4,8,11H2,1-3H3,(H,18,19). The maximum absolute atomic E-state index is 4.59. The summed E-state index contributed by atoms with van der Waals surface area (Å²) in [5, 5.41) is 7.69. The van der Waals surface area contributed by atoms with Crippen LogP contribution in [0.5, 0.6) is 0 Å². The largest absolute Gasteiger partial charge is 0.367 e. The Morgan fingerprint density at radius 3 is 3.00 bits per heavy atom. The van der Waals surface area contributed by atoms with Crippen LogP contribution < -0.4 is 5.32 Å². The van der Waals surface area contributed by atoms with E-state index in [9.17, 15) is 0 Å². The van der Waals surface area contributed by atoms with Gasteiger partial charge in [0, 0.05) is 35.6 Å². The third kappa shape index (κ3) is 2.82. The zero-order chi connectivity index (χ0) is 14.8. The van der Waals surface area contributed by atoms with Crippen molar-refractivity contribution in [2.75, 3.05) is 11.9 Å². The van der Waals surface area contributed by atoms with Crippen LogP contribution >= 0.6 is 11.8 Å². The molecule has 0 aromatic carbocycles. The Morgan fingerprint density at radius 2 is 2.29 bits per heavy atom. The molecule has 2 aromatic heterocycles. The zero-order valence-corrected chi connectivity index (χ0v) is 13.8. The van der Waals surface area contributed by atoms with E-state index in [-0.39, 0.29) is 0 Å². The number of fused-ring (bicyclic) bond motifs is 1. The predicted octanol–water partition coefficient (Wildman–Crippen LogP) is 4.43. The summed E-state index contributed by atoms with van der Waals surface area (Å²) in [7, 11) is 0. The average molecular weight is 301 g/mol. The summed E-state index contributed by atoms with van der Waals surface area (Å²) in [5.41, 5.74) is 2.56. The Hall–Kier alpha value is -1.42. The number of aromatic nitrogens is 2. The van der Waals surface area contributed by atoms with Crippen LogP contribution in [0.3, 0.4) is 0 Å². The molecule has 2 unspecified atom stereocenters.